The molecule has 2 radical (unpaired) electrons. The third-order valence-corrected chi connectivity index (χ3v) is 7.01. The molecule has 2 amide bonds. The standard InChI is InChI=1S/C23H20BClF3N5O2S/c24-23(15-9-29-12-30-10-15,21(35)32-16-5-7-22(27,28)8-6-16)33(20(34)19(25)26)17-3-1-14(2-4-17)18-11-31-13-36-18/h1-4,9-13,16,19H,5-8H2,(H,32,35)/t19-,23-/m0/s1. The number of nitrogens with one attached hydrogen (secondary N) is 1. The van der Waals surface area contributed by atoms with Crippen LogP contribution in [0.4, 0.5) is 18.9 Å². The summed E-state index contributed by atoms with van der Waals surface area (Å²) in [7, 11) is 6.61. The lowest BCUT2D eigenvalue weighted by molar-refractivity contribution is -0.130. The number of amides is 2. The number of hydrogen-bond donors (Lipinski definition) is 1. The van der Waals surface area contributed by atoms with Gasteiger partial charge in [0.05, 0.1) is 10.4 Å². The lowest BCUT2D eigenvalue weighted by Gasteiger charge is -2.42. The predicted molar refractivity (Wildman–Crippen MR) is 131 cm³/mol. The highest BCUT2D eigenvalue weighted by Gasteiger charge is 2.47. The number of aromatic nitrogens is 3. The Morgan fingerprint density at radius 3 is 2.33 bits per heavy atom. The summed E-state index contributed by atoms with van der Waals surface area (Å²) < 4.78 is 41.5. The molecule has 3 aromatic rings. The summed E-state index contributed by atoms with van der Waals surface area (Å²) in [5.74, 6) is -5.01. The van der Waals surface area contributed by atoms with E-state index in [0.717, 1.165) is 15.3 Å². The summed E-state index contributed by atoms with van der Waals surface area (Å²) in [5.41, 5.74) is -2.39. The highest BCUT2D eigenvalue weighted by Crippen LogP contribution is 2.36. The van der Waals surface area contributed by atoms with Crippen LogP contribution in [0.3, 0.4) is 0 Å². The number of thiazole rings is 1. The zero-order valence-corrected chi connectivity index (χ0v) is 20.4. The quantitative estimate of drug-likeness (QED) is 0.364. The van der Waals surface area contributed by atoms with Crippen molar-refractivity contribution in [2.45, 2.75) is 48.7 Å². The van der Waals surface area contributed by atoms with E-state index in [0.29, 0.717) is 0 Å². The van der Waals surface area contributed by atoms with Gasteiger partial charge in [-0.2, -0.15) is 0 Å². The van der Waals surface area contributed by atoms with Gasteiger partial charge in [0.15, 0.2) is 0 Å². The van der Waals surface area contributed by atoms with Crippen molar-refractivity contribution < 1.29 is 22.8 Å². The van der Waals surface area contributed by atoms with E-state index in [2.05, 4.69) is 20.3 Å². The summed E-state index contributed by atoms with van der Waals surface area (Å²) in [5, 5.41) is 2.65. The normalized spacial score (nSPS) is 18.1. The van der Waals surface area contributed by atoms with Gasteiger partial charge in [-0.05, 0) is 30.5 Å². The number of alkyl halides is 4. The van der Waals surface area contributed by atoms with Crippen LogP contribution in [0.15, 0.2) is 54.7 Å². The van der Waals surface area contributed by atoms with Crippen LogP contribution < -0.4 is 10.2 Å². The number of rotatable bonds is 7. The molecule has 1 saturated carbocycles. The molecule has 4 rings (SSSR count). The zero-order chi connectivity index (χ0) is 25.9. The summed E-state index contributed by atoms with van der Waals surface area (Å²) >= 11 is 6.94. The number of hydrogen-bond acceptors (Lipinski definition) is 6. The Bertz CT molecular complexity index is 1190. The first kappa shape index (κ1) is 26.1. The molecule has 36 heavy (non-hydrogen) atoms. The summed E-state index contributed by atoms with van der Waals surface area (Å²) in [6, 6.07) is 5.69. The highest BCUT2D eigenvalue weighted by molar-refractivity contribution is 7.13. The van der Waals surface area contributed by atoms with Crippen LogP contribution in [-0.4, -0.2) is 52.2 Å². The molecule has 7 nitrogen and oxygen atoms in total. The van der Waals surface area contributed by atoms with Gasteiger partial charge in [-0.3, -0.25) is 19.5 Å². The van der Waals surface area contributed by atoms with Crippen molar-refractivity contribution in [3.63, 3.8) is 0 Å². The molecule has 2 aromatic heterocycles. The van der Waals surface area contributed by atoms with E-state index >= 15 is 0 Å². The number of halogens is 4. The first-order valence-corrected chi connectivity index (χ1v) is 12.3. The maximum atomic E-state index is 14.3. The average Bonchev–Trinajstić information content (AvgIpc) is 3.41. The van der Waals surface area contributed by atoms with Gasteiger partial charge in [0.2, 0.25) is 11.8 Å². The highest BCUT2D eigenvalue weighted by atomic mass is 35.5. The van der Waals surface area contributed by atoms with Crippen molar-refractivity contribution in [2.75, 3.05) is 4.90 Å². The fraction of sp³-hybridized carbons (Fsp3) is 0.348. The smallest absolute Gasteiger partial charge is 0.277 e. The Morgan fingerprint density at radius 2 is 1.78 bits per heavy atom. The minimum absolute atomic E-state index is 0.0127. The molecule has 186 valence electrons. The van der Waals surface area contributed by atoms with E-state index in [1.807, 2.05) is 0 Å². The second-order valence-corrected chi connectivity index (χ2v) is 9.65. The maximum Gasteiger partial charge on any atom is 0.277 e. The van der Waals surface area contributed by atoms with E-state index in [-0.39, 0.29) is 24.1 Å². The molecule has 0 unspecified atom stereocenters. The Kier molecular flexibility index (Phi) is 7.65. The molecular weight excluding hydrogens is 514 g/mol. The van der Waals surface area contributed by atoms with Crippen LogP contribution in [0.1, 0.15) is 31.2 Å². The third-order valence-electron chi connectivity index (χ3n) is 6.00. The van der Waals surface area contributed by atoms with Crippen molar-refractivity contribution in [2.24, 2.45) is 0 Å². The fourth-order valence-corrected chi connectivity index (χ4v) is 4.80. The molecule has 0 aliphatic heterocycles. The van der Waals surface area contributed by atoms with Crippen molar-refractivity contribution in [3.8, 4) is 10.4 Å². The molecule has 0 bridgehead atoms. The molecule has 1 aromatic carbocycles. The predicted octanol–water partition coefficient (Wildman–Crippen LogP) is 4.18. The van der Waals surface area contributed by atoms with Crippen molar-refractivity contribution >= 4 is 48.3 Å². The van der Waals surface area contributed by atoms with Gasteiger partial charge in [-0.15, -0.1) is 11.3 Å². The minimum Gasteiger partial charge on any atom is -0.352 e. The molecular formula is C23H20BClF3N5O2S. The van der Waals surface area contributed by atoms with Gasteiger partial charge in [-0.1, -0.05) is 23.7 Å². The van der Waals surface area contributed by atoms with E-state index < -0.39 is 47.7 Å². The van der Waals surface area contributed by atoms with Gasteiger partial charge in [0.25, 0.3) is 11.5 Å². The number of benzene rings is 1. The van der Waals surface area contributed by atoms with Crippen LogP contribution >= 0.6 is 22.9 Å². The average molecular weight is 534 g/mol. The molecule has 0 spiro atoms. The van der Waals surface area contributed by atoms with Gasteiger partial charge in [-0.25, -0.2) is 23.1 Å². The summed E-state index contributed by atoms with van der Waals surface area (Å²) in [6.07, 6.45) is 4.51. The Morgan fingerprint density at radius 1 is 1.14 bits per heavy atom. The lowest BCUT2D eigenvalue weighted by atomic mass is 9.69. The van der Waals surface area contributed by atoms with Crippen molar-refractivity contribution in [3.05, 3.63) is 60.3 Å². The van der Waals surface area contributed by atoms with Crippen LogP contribution in [0.5, 0.6) is 0 Å². The van der Waals surface area contributed by atoms with Gasteiger partial charge >= 0.3 is 0 Å². The van der Waals surface area contributed by atoms with E-state index in [1.54, 1.807) is 23.8 Å². The topological polar surface area (TPSA) is 88.1 Å². The van der Waals surface area contributed by atoms with Gasteiger partial charge < -0.3 is 5.32 Å². The molecule has 1 N–H and O–H groups in total. The second kappa shape index (κ2) is 10.6. The molecule has 1 aliphatic carbocycles. The third kappa shape index (κ3) is 5.39. The number of carbonyl (C=O) groups excluding carboxylic acids is 2. The largest absolute Gasteiger partial charge is 0.352 e. The zero-order valence-electron chi connectivity index (χ0n) is 18.8. The Labute approximate surface area is 215 Å². The Hall–Kier alpha value is -2.99. The number of anilines is 1. The molecule has 1 aliphatic rings. The molecule has 2 atom stereocenters. The second-order valence-electron chi connectivity index (χ2n) is 8.38. The van der Waals surface area contributed by atoms with Crippen molar-refractivity contribution in [1.29, 1.82) is 0 Å². The molecule has 0 saturated heterocycles. The number of carbonyl (C=O) groups is 2. The SMILES string of the molecule is [B][C@@](C(=O)NC1CCC(F)(F)CC1)(c1cncnc1)N(C(=O)[C@H](F)Cl)c1ccc(-c2cncs2)cc1. The maximum absolute atomic E-state index is 14.3. The van der Waals surface area contributed by atoms with Gasteiger partial charge in [0.1, 0.15) is 19.6 Å². The first-order valence-electron chi connectivity index (χ1n) is 11.0. The molecule has 1 fully saturated rings. The van der Waals surface area contributed by atoms with Crippen LogP contribution in [0.2, 0.25) is 0 Å². The lowest BCUT2D eigenvalue weighted by Crippen LogP contribution is -2.62. The molecule has 13 heteroatoms. The van der Waals surface area contributed by atoms with Crippen LogP contribution in [0.25, 0.3) is 10.4 Å². The Balaban J connectivity index is 1.75. The van der Waals surface area contributed by atoms with E-state index in [4.69, 9.17) is 19.4 Å². The van der Waals surface area contributed by atoms with Crippen LogP contribution in [0, 0.1) is 0 Å². The number of nitrogens with zero attached hydrogens (tertiary/aromatic N) is 4. The van der Waals surface area contributed by atoms with Gasteiger partial charge in [0, 0.05) is 48.7 Å². The first-order chi connectivity index (χ1) is 17.1. The van der Waals surface area contributed by atoms with Crippen molar-refractivity contribution in [1.82, 2.24) is 20.3 Å². The summed E-state index contributed by atoms with van der Waals surface area (Å²) in [4.78, 5) is 40.1. The van der Waals surface area contributed by atoms with E-state index in [1.165, 1.54) is 42.2 Å². The van der Waals surface area contributed by atoms with Crippen LogP contribution in [-0.2, 0) is 15.0 Å². The minimum atomic E-state index is -2.81. The monoisotopic (exact) mass is 533 g/mol. The van der Waals surface area contributed by atoms with E-state index in [9.17, 15) is 22.8 Å². The fourth-order valence-electron chi connectivity index (χ4n) is 4.07. The summed E-state index contributed by atoms with van der Waals surface area (Å²) in [6.45, 7) is 0. The molecule has 2 heterocycles.